The standard InChI is InChI=1S/C19H13BrClNO/c20-12-19(23)15-3-1-2-13(10-15)4-8-17-9-6-14-5-7-16(21)11-18(14)22-17/h1-11H,12H2. The molecular formula is C19H13BrClNO. The number of nitrogens with zero attached hydrogens (tertiary/aromatic N) is 1. The lowest BCUT2D eigenvalue weighted by atomic mass is 10.1. The highest BCUT2D eigenvalue weighted by Crippen LogP contribution is 2.19. The van der Waals surface area contributed by atoms with E-state index in [0.717, 1.165) is 22.2 Å². The second-order valence-corrected chi connectivity index (χ2v) is 6.09. The minimum atomic E-state index is 0.0683. The zero-order chi connectivity index (χ0) is 16.2. The van der Waals surface area contributed by atoms with Gasteiger partial charge in [-0.05, 0) is 35.9 Å². The summed E-state index contributed by atoms with van der Waals surface area (Å²) >= 11 is 9.20. The van der Waals surface area contributed by atoms with Gasteiger partial charge in [0.15, 0.2) is 5.78 Å². The van der Waals surface area contributed by atoms with Crippen LogP contribution in [0.25, 0.3) is 23.1 Å². The first-order chi connectivity index (χ1) is 11.2. The number of rotatable bonds is 4. The van der Waals surface area contributed by atoms with Crippen LogP contribution in [-0.2, 0) is 0 Å². The smallest absolute Gasteiger partial charge is 0.173 e. The number of hydrogen-bond donors (Lipinski definition) is 0. The summed E-state index contributed by atoms with van der Waals surface area (Å²) in [6.45, 7) is 0. The van der Waals surface area contributed by atoms with E-state index in [4.69, 9.17) is 11.6 Å². The van der Waals surface area contributed by atoms with E-state index in [1.54, 1.807) is 0 Å². The Morgan fingerprint density at radius 2 is 1.91 bits per heavy atom. The van der Waals surface area contributed by atoms with Crippen molar-refractivity contribution in [2.75, 3.05) is 5.33 Å². The normalized spacial score (nSPS) is 11.2. The van der Waals surface area contributed by atoms with Gasteiger partial charge in [-0.3, -0.25) is 4.79 Å². The van der Waals surface area contributed by atoms with Gasteiger partial charge in [0.2, 0.25) is 0 Å². The molecule has 0 aliphatic carbocycles. The fraction of sp³-hybridized carbons (Fsp3) is 0.0526. The molecule has 0 aliphatic heterocycles. The van der Waals surface area contributed by atoms with Gasteiger partial charge in [-0.1, -0.05) is 63.9 Å². The van der Waals surface area contributed by atoms with E-state index in [2.05, 4.69) is 20.9 Å². The molecule has 2 nitrogen and oxygen atoms in total. The Balaban J connectivity index is 1.89. The van der Waals surface area contributed by atoms with Crippen LogP contribution in [0.2, 0.25) is 5.02 Å². The van der Waals surface area contributed by atoms with Crippen LogP contribution < -0.4 is 0 Å². The van der Waals surface area contributed by atoms with E-state index in [1.807, 2.05) is 66.7 Å². The van der Waals surface area contributed by atoms with Crippen molar-refractivity contribution < 1.29 is 4.79 Å². The maximum Gasteiger partial charge on any atom is 0.173 e. The largest absolute Gasteiger partial charge is 0.293 e. The molecule has 3 rings (SSSR count). The predicted octanol–water partition coefficient (Wildman–Crippen LogP) is 5.64. The van der Waals surface area contributed by atoms with Crippen molar-refractivity contribution in [2.45, 2.75) is 0 Å². The third-order valence-corrected chi connectivity index (χ3v) is 4.20. The van der Waals surface area contributed by atoms with E-state index >= 15 is 0 Å². The Morgan fingerprint density at radius 3 is 2.74 bits per heavy atom. The number of halogens is 2. The summed E-state index contributed by atoms with van der Waals surface area (Å²) in [6, 6.07) is 17.2. The Labute approximate surface area is 147 Å². The number of ketones is 1. The summed E-state index contributed by atoms with van der Waals surface area (Å²) in [5.74, 6) is 0.0683. The van der Waals surface area contributed by atoms with E-state index in [-0.39, 0.29) is 5.78 Å². The van der Waals surface area contributed by atoms with Crippen LogP contribution in [0.3, 0.4) is 0 Å². The van der Waals surface area contributed by atoms with Gasteiger partial charge in [0.1, 0.15) is 0 Å². The average Bonchev–Trinajstić information content (AvgIpc) is 2.59. The molecule has 0 fully saturated rings. The highest BCUT2D eigenvalue weighted by atomic mass is 79.9. The molecule has 2 aromatic carbocycles. The minimum absolute atomic E-state index is 0.0683. The monoisotopic (exact) mass is 385 g/mol. The van der Waals surface area contributed by atoms with E-state index < -0.39 is 0 Å². The molecule has 0 amide bonds. The first-order valence-corrected chi connectivity index (χ1v) is 8.59. The lowest BCUT2D eigenvalue weighted by molar-refractivity contribution is 0.102. The Kier molecular flexibility index (Phi) is 4.89. The number of alkyl halides is 1. The number of hydrogen-bond acceptors (Lipinski definition) is 2. The number of Topliss-reactive ketones (excluding diaryl/α,β-unsaturated/α-hetero) is 1. The van der Waals surface area contributed by atoms with Crippen LogP contribution in [0.4, 0.5) is 0 Å². The van der Waals surface area contributed by atoms with Crippen molar-refractivity contribution in [3.63, 3.8) is 0 Å². The number of carbonyl (C=O) groups excluding carboxylic acids is 1. The summed E-state index contributed by atoms with van der Waals surface area (Å²) in [5, 5.41) is 2.05. The second kappa shape index (κ2) is 7.07. The topological polar surface area (TPSA) is 30.0 Å². The molecule has 0 spiro atoms. The molecule has 114 valence electrons. The first-order valence-electron chi connectivity index (χ1n) is 7.09. The molecule has 3 aromatic rings. The van der Waals surface area contributed by atoms with Crippen LogP contribution >= 0.6 is 27.5 Å². The Morgan fingerprint density at radius 1 is 1.09 bits per heavy atom. The van der Waals surface area contributed by atoms with Gasteiger partial charge in [0, 0.05) is 16.0 Å². The zero-order valence-corrected chi connectivity index (χ0v) is 14.5. The van der Waals surface area contributed by atoms with Crippen molar-refractivity contribution in [3.05, 3.63) is 76.4 Å². The van der Waals surface area contributed by atoms with Gasteiger partial charge in [0.05, 0.1) is 16.5 Å². The van der Waals surface area contributed by atoms with Gasteiger partial charge in [0.25, 0.3) is 0 Å². The molecule has 1 aromatic heterocycles. The van der Waals surface area contributed by atoms with Gasteiger partial charge >= 0.3 is 0 Å². The lowest BCUT2D eigenvalue weighted by Crippen LogP contribution is -1.99. The second-order valence-electron chi connectivity index (χ2n) is 5.09. The molecule has 0 atom stereocenters. The van der Waals surface area contributed by atoms with Gasteiger partial charge < -0.3 is 0 Å². The third kappa shape index (κ3) is 3.87. The Bertz CT molecular complexity index is 905. The molecule has 0 saturated carbocycles. The third-order valence-electron chi connectivity index (χ3n) is 3.45. The van der Waals surface area contributed by atoms with Crippen molar-refractivity contribution in [2.24, 2.45) is 0 Å². The summed E-state index contributed by atoms with van der Waals surface area (Å²) in [6.07, 6.45) is 3.88. The lowest BCUT2D eigenvalue weighted by Gasteiger charge is -2.01. The fourth-order valence-electron chi connectivity index (χ4n) is 2.27. The molecule has 0 N–H and O–H groups in total. The fourth-order valence-corrected chi connectivity index (χ4v) is 2.76. The van der Waals surface area contributed by atoms with Crippen LogP contribution in [0.5, 0.6) is 0 Å². The number of fused-ring (bicyclic) bond motifs is 1. The summed E-state index contributed by atoms with van der Waals surface area (Å²) < 4.78 is 0. The highest BCUT2D eigenvalue weighted by Gasteiger charge is 2.03. The summed E-state index contributed by atoms with van der Waals surface area (Å²) in [7, 11) is 0. The van der Waals surface area contributed by atoms with Crippen LogP contribution in [-0.4, -0.2) is 16.1 Å². The maximum absolute atomic E-state index is 11.7. The van der Waals surface area contributed by atoms with Crippen molar-refractivity contribution >= 4 is 56.4 Å². The van der Waals surface area contributed by atoms with Gasteiger partial charge in [-0.25, -0.2) is 4.98 Å². The molecule has 0 bridgehead atoms. The number of carbonyl (C=O) groups is 1. The Hall–Kier alpha value is -1.97. The minimum Gasteiger partial charge on any atom is -0.293 e. The molecule has 1 heterocycles. The summed E-state index contributed by atoms with van der Waals surface area (Å²) in [5.41, 5.74) is 3.37. The van der Waals surface area contributed by atoms with Gasteiger partial charge in [-0.15, -0.1) is 0 Å². The van der Waals surface area contributed by atoms with Crippen LogP contribution in [0.1, 0.15) is 21.6 Å². The number of pyridine rings is 1. The quantitative estimate of drug-likeness (QED) is 0.429. The first kappa shape index (κ1) is 15.9. The van der Waals surface area contributed by atoms with Crippen LogP contribution in [0, 0.1) is 0 Å². The highest BCUT2D eigenvalue weighted by molar-refractivity contribution is 9.09. The number of benzene rings is 2. The predicted molar refractivity (Wildman–Crippen MR) is 100 cm³/mol. The molecule has 23 heavy (non-hydrogen) atoms. The van der Waals surface area contributed by atoms with E-state index in [9.17, 15) is 4.79 Å². The van der Waals surface area contributed by atoms with E-state index in [0.29, 0.717) is 15.9 Å². The van der Waals surface area contributed by atoms with Crippen molar-refractivity contribution in [3.8, 4) is 0 Å². The average molecular weight is 387 g/mol. The van der Waals surface area contributed by atoms with Crippen molar-refractivity contribution in [1.29, 1.82) is 0 Å². The maximum atomic E-state index is 11.7. The summed E-state index contributed by atoms with van der Waals surface area (Å²) in [4.78, 5) is 16.3. The van der Waals surface area contributed by atoms with Gasteiger partial charge in [-0.2, -0.15) is 0 Å². The zero-order valence-electron chi connectivity index (χ0n) is 12.2. The molecule has 0 radical (unpaired) electrons. The molecule has 0 aliphatic rings. The SMILES string of the molecule is O=C(CBr)c1cccc(C=Cc2ccc3ccc(Cl)cc3n2)c1. The van der Waals surface area contributed by atoms with Crippen molar-refractivity contribution in [1.82, 2.24) is 4.98 Å². The molecule has 0 unspecified atom stereocenters. The number of aromatic nitrogens is 1. The van der Waals surface area contributed by atoms with Crippen LogP contribution in [0.15, 0.2) is 54.6 Å². The molecule has 4 heteroatoms. The van der Waals surface area contributed by atoms with E-state index in [1.165, 1.54) is 0 Å². The molecular weight excluding hydrogens is 374 g/mol. The molecule has 0 saturated heterocycles.